The van der Waals surface area contributed by atoms with Crippen LogP contribution in [0.25, 0.3) is 0 Å². The van der Waals surface area contributed by atoms with Gasteiger partial charge < -0.3 is 10.2 Å². The zero-order valence-electron chi connectivity index (χ0n) is 16.9. The highest BCUT2D eigenvalue weighted by atomic mass is 127. The van der Waals surface area contributed by atoms with E-state index in [-0.39, 0.29) is 11.8 Å². The molecule has 0 aromatic carbocycles. The van der Waals surface area contributed by atoms with Crippen molar-refractivity contribution in [2.45, 2.75) is 85.1 Å². The minimum atomic E-state index is -3.70. The summed E-state index contributed by atoms with van der Waals surface area (Å²) in [4.78, 5) is 40.3. The second kappa shape index (κ2) is 8.40. The predicted octanol–water partition coefficient (Wildman–Crippen LogP) is 1.84. The molecule has 1 N–H and O–H groups in total. The van der Waals surface area contributed by atoms with Crippen molar-refractivity contribution in [1.82, 2.24) is 14.5 Å². The van der Waals surface area contributed by atoms with E-state index in [2.05, 4.69) is 5.32 Å². The number of amides is 3. The highest BCUT2D eigenvalue weighted by Crippen LogP contribution is 2.45. The minimum absolute atomic E-state index is 0.0161. The van der Waals surface area contributed by atoms with Gasteiger partial charge in [0, 0.05) is 13.0 Å². The SMILES string of the molecule is O=C1N[C@@]2(I)C(=O)N(S(=O)(=O)C3CC3)[C@H]2/C=C\CCCCCCC(=O)N2CCC[C@@H]12. The normalized spacial score (nSPS) is 34.9. The number of rotatable bonds is 2. The largest absolute Gasteiger partial charge is 0.331 e. The fourth-order valence-corrected chi connectivity index (χ4v) is 7.85. The van der Waals surface area contributed by atoms with Crippen LogP contribution >= 0.6 is 22.6 Å². The summed E-state index contributed by atoms with van der Waals surface area (Å²) in [5.74, 6) is -0.990. The second-order valence-electron chi connectivity index (χ2n) is 8.62. The van der Waals surface area contributed by atoms with E-state index in [1.165, 1.54) is 0 Å². The molecule has 4 rings (SSSR count). The molecule has 0 spiro atoms. The second-order valence-corrected chi connectivity index (χ2v) is 12.4. The fraction of sp³-hybridized carbons (Fsp3) is 0.750. The van der Waals surface area contributed by atoms with Crippen molar-refractivity contribution >= 4 is 50.3 Å². The summed E-state index contributed by atoms with van der Waals surface area (Å²) in [6, 6.07) is -1.34. The summed E-state index contributed by atoms with van der Waals surface area (Å²) in [5.41, 5.74) is 0. The summed E-state index contributed by atoms with van der Waals surface area (Å²) in [5, 5.41) is 2.32. The Labute approximate surface area is 191 Å². The Bertz CT molecular complexity index is 872. The van der Waals surface area contributed by atoms with Gasteiger partial charge in [-0.15, -0.1) is 0 Å². The number of sulfonamides is 1. The Hall–Kier alpha value is -1.17. The Morgan fingerprint density at radius 1 is 1.03 bits per heavy atom. The molecule has 3 amide bonds. The van der Waals surface area contributed by atoms with E-state index in [1.807, 2.05) is 28.7 Å². The molecule has 0 aromatic rings. The van der Waals surface area contributed by atoms with E-state index in [9.17, 15) is 22.8 Å². The van der Waals surface area contributed by atoms with Crippen LogP contribution in [0.5, 0.6) is 0 Å². The molecule has 3 aliphatic heterocycles. The van der Waals surface area contributed by atoms with Gasteiger partial charge in [0.05, 0.1) is 5.25 Å². The van der Waals surface area contributed by atoms with Gasteiger partial charge in [-0.3, -0.25) is 14.4 Å². The molecule has 3 heterocycles. The van der Waals surface area contributed by atoms with Gasteiger partial charge in [0.1, 0.15) is 12.1 Å². The molecule has 8 nitrogen and oxygen atoms in total. The molecule has 0 unspecified atom stereocenters. The van der Waals surface area contributed by atoms with Crippen molar-refractivity contribution < 1.29 is 22.8 Å². The maximum atomic E-state index is 13.1. The summed E-state index contributed by atoms with van der Waals surface area (Å²) < 4.78 is 25.2. The first-order chi connectivity index (χ1) is 14.3. The van der Waals surface area contributed by atoms with Crippen LogP contribution in [0.2, 0.25) is 0 Å². The zero-order valence-corrected chi connectivity index (χ0v) is 19.9. The molecular formula is C20H28IN3O5S. The minimum Gasteiger partial charge on any atom is -0.331 e. The lowest BCUT2D eigenvalue weighted by molar-refractivity contribution is -0.146. The highest BCUT2D eigenvalue weighted by Gasteiger charge is 2.65. The number of carbonyl (C=O) groups is 3. The van der Waals surface area contributed by atoms with Gasteiger partial charge in [-0.25, -0.2) is 12.7 Å². The number of carbonyl (C=O) groups excluding carboxylic acids is 3. The van der Waals surface area contributed by atoms with Crippen LogP contribution < -0.4 is 5.32 Å². The number of nitrogens with one attached hydrogen (secondary N) is 1. The summed E-state index contributed by atoms with van der Waals surface area (Å²) in [6.45, 7) is 0.546. The van der Waals surface area contributed by atoms with Crippen LogP contribution in [0.15, 0.2) is 12.2 Å². The molecule has 166 valence electrons. The number of nitrogens with zero attached hydrogens (tertiary/aromatic N) is 2. The van der Waals surface area contributed by atoms with E-state index in [0.29, 0.717) is 32.2 Å². The van der Waals surface area contributed by atoms with Crippen molar-refractivity contribution in [3.05, 3.63) is 12.2 Å². The molecule has 1 aliphatic carbocycles. The predicted molar refractivity (Wildman–Crippen MR) is 119 cm³/mol. The third kappa shape index (κ3) is 3.89. The van der Waals surface area contributed by atoms with Crippen molar-refractivity contribution in [2.24, 2.45) is 0 Å². The zero-order chi connectivity index (χ0) is 21.5. The van der Waals surface area contributed by atoms with Gasteiger partial charge in [0.25, 0.3) is 5.91 Å². The number of hydrogen-bond donors (Lipinski definition) is 1. The Kier molecular flexibility index (Phi) is 6.17. The highest BCUT2D eigenvalue weighted by molar-refractivity contribution is 14.1. The van der Waals surface area contributed by atoms with Crippen molar-refractivity contribution in [3.8, 4) is 0 Å². The van der Waals surface area contributed by atoms with Crippen LogP contribution in [-0.4, -0.2) is 62.8 Å². The number of fused-ring (bicyclic) bond motifs is 2. The van der Waals surface area contributed by atoms with E-state index < -0.39 is 36.8 Å². The number of hydrogen-bond acceptors (Lipinski definition) is 5. The first-order valence-electron chi connectivity index (χ1n) is 10.8. The molecule has 30 heavy (non-hydrogen) atoms. The van der Waals surface area contributed by atoms with Gasteiger partial charge in [-0.1, -0.05) is 25.0 Å². The average molecular weight is 549 g/mol. The van der Waals surface area contributed by atoms with Crippen molar-refractivity contribution in [3.63, 3.8) is 0 Å². The maximum absolute atomic E-state index is 13.1. The summed E-state index contributed by atoms with van der Waals surface area (Å²) >= 11 is 1.88. The van der Waals surface area contributed by atoms with E-state index in [1.54, 1.807) is 11.0 Å². The lowest BCUT2D eigenvalue weighted by Crippen LogP contribution is -2.78. The van der Waals surface area contributed by atoms with Crippen molar-refractivity contribution in [1.29, 1.82) is 0 Å². The van der Waals surface area contributed by atoms with E-state index >= 15 is 0 Å². The molecule has 0 radical (unpaired) electrons. The van der Waals surface area contributed by atoms with Crippen LogP contribution in [0.4, 0.5) is 0 Å². The first kappa shape index (κ1) is 22.0. The molecule has 4 aliphatic rings. The first-order valence-corrected chi connectivity index (χ1v) is 13.4. The fourth-order valence-electron chi connectivity index (χ4n) is 4.51. The van der Waals surface area contributed by atoms with E-state index in [0.717, 1.165) is 42.8 Å². The molecule has 0 bridgehead atoms. The third-order valence-corrected chi connectivity index (χ3v) is 10.0. The number of alkyl halides is 1. The lowest BCUT2D eigenvalue weighted by Gasteiger charge is -2.51. The van der Waals surface area contributed by atoms with Crippen molar-refractivity contribution in [2.75, 3.05) is 6.54 Å². The standard InChI is InChI=1S/C20H28IN3O5S/c21-20-16(24(19(20)27)30(28,29)14-11-12-14)9-5-3-1-2-4-6-10-17(25)23-13-7-8-15(23)18(26)22-20/h5,9,14-16H,1-4,6-8,10-13H2,(H,22,26)/b9-5-/t15-,16-,20+/m0/s1. The monoisotopic (exact) mass is 549 g/mol. The van der Waals surface area contributed by atoms with Gasteiger partial charge >= 0.3 is 0 Å². The smallest absolute Gasteiger partial charge is 0.275 e. The molecule has 2 saturated heterocycles. The van der Waals surface area contributed by atoms with Gasteiger partial charge in [-0.2, -0.15) is 0 Å². The lowest BCUT2D eigenvalue weighted by atomic mass is 9.96. The Balaban J connectivity index is 1.61. The number of halogens is 1. The van der Waals surface area contributed by atoms with Gasteiger partial charge in [-0.05, 0) is 67.5 Å². The molecule has 3 atom stereocenters. The van der Waals surface area contributed by atoms with Crippen LogP contribution in [0.1, 0.15) is 64.2 Å². The van der Waals surface area contributed by atoms with Crippen LogP contribution in [-0.2, 0) is 24.4 Å². The molecular weight excluding hydrogens is 521 g/mol. The summed E-state index contributed by atoms with van der Waals surface area (Å²) in [7, 11) is -3.70. The van der Waals surface area contributed by atoms with E-state index in [4.69, 9.17) is 0 Å². The molecule has 3 fully saturated rings. The van der Waals surface area contributed by atoms with Gasteiger partial charge in [0.15, 0.2) is 3.55 Å². The Morgan fingerprint density at radius 2 is 1.77 bits per heavy atom. The van der Waals surface area contributed by atoms with Crippen LogP contribution in [0, 0.1) is 0 Å². The summed E-state index contributed by atoms with van der Waals surface area (Å²) in [6.07, 6.45) is 11.0. The third-order valence-electron chi connectivity index (χ3n) is 6.40. The molecule has 0 aromatic heterocycles. The quantitative estimate of drug-likeness (QED) is 0.186. The number of allylic oxidation sites excluding steroid dienone is 1. The number of β-lactam (4-membered cyclic amide) rings is 1. The average Bonchev–Trinajstić information content (AvgIpc) is 3.45. The maximum Gasteiger partial charge on any atom is 0.275 e. The molecule has 1 saturated carbocycles. The van der Waals surface area contributed by atoms with Gasteiger partial charge in [0.2, 0.25) is 21.8 Å². The Morgan fingerprint density at radius 3 is 2.50 bits per heavy atom. The van der Waals surface area contributed by atoms with Crippen LogP contribution in [0.3, 0.4) is 0 Å². The molecule has 10 heteroatoms. The topological polar surface area (TPSA) is 104 Å².